The number of carbonyl (C=O) groups excluding carboxylic acids is 1. The van der Waals surface area contributed by atoms with Crippen LogP contribution in [0.2, 0.25) is 0 Å². The van der Waals surface area contributed by atoms with Crippen LogP contribution in [-0.4, -0.2) is 26.7 Å². The maximum atomic E-state index is 12.1. The lowest BCUT2D eigenvalue weighted by Crippen LogP contribution is -2.20. The van der Waals surface area contributed by atoms with Crippen molar-refractivity contribution >= 4 is 17.7 Å². The maximum absolute atomic E-state index is 12.1. The van der Waals surface area contributed by atoms with E-state index in [2.05, 4.69) is 5.32 Å². The number of nitrogens with one attached hydrogen (secondary N) is 1. The van der Waals surface area contributed by atoms with Gasteiger partial charge in [-0.1, -0.05) is 30.4 Å². The molecule has 2 aromatic rings. The molecular weight excluding hydrogens is 306 g/mol. The van der Waals surface area contributed by atoms with Gasteiger partial charge in [0, 0.05) is 0 Å². The number of ether oxygens (including phenoxy) is 3. The van der Waals surface area contributed by atoms with Crippen LogP contribution >= 0.6 is 0 Å². The SMILES string of the molecule is C/C=C/c1ccc(OCC(=O)Nc2ccccc2OC)c(OC)c1. The number of benzene rings is 2. The first-order valence-corrected chi connectivity index (χ1v) is 7.54. The molecule has 0 unspecified atom stereocenters. The fourth-order valence-corrected chi connectivity index (χ4v) is 2.18. The summed E-state index contributed by atoms with van der Waals surface area (Å²) < 4.78 is 16.1. The summed E-state index contributed by atoms with van der Waals surface area (Å²) in [6, 6.07) is 12.7. The highest BCUT2D eigenvalue weighted by Gasteiger charge is 2.10. The van der Waals surface area contributed by atoms with Gasteiger partial charge in [0.05, 0.1) is 19.9 Å². The Morgan fingerprint density at radius 2 is 1.79 bits per heavy atom. The standard InChI is InChI=1S/C19H21NO4/c1-4-7-14-10-11-17(18(12-14)23-3)24-13-19(21)20-15-8-5-6-9-16(15)22-2/h4-12H,13H2,1-3H3,(H,20,21)/b7-4+. The average Bonchev–Trinajstić information content (AvgIpc) is 2.61. The molecule has 0 aliphatic rings. The summed E-state index contributed by atoms with van der Waals surface area (Å²) >= 11 is 0. The predicted octanol–water partition coefficient (Wildman–Crippen LogP) is 3.75. The Kier molecular flexibility index (Phi) is 6.25. The van der Waals surface area contributed by atoms with Crippen LogP contribution in [0.25, 0.3) is 6.08 Å². The fraction of sp³-hybridized carbons (Fsp3) is 0.211. The summed E-state index contributed by atoms with van der Waals surface area (Å²) in [4.78, 5) is 12.1. The van der Waals surface area contributed by atoms with Gasteiger partial charge in [0.25, 0.3) is 5.91 Å². The van der Waals surface area contributed by atoms with Gasteiger partial charge < -0.3 is 19.5 Å². The van der Waals surface area contributed by atoms with Gasteiger partial charge in [-0.3, -0.25) is 4.79 Å². The number of rotatable bonds is 7. The van der Waals surface area contributed by atoms with Gasteiger partial charge in [-0.15, -0.1) is 0 Å². The van der Waals surface area contributed by atoms with E-state index < -0.39 is 0 Å². The predicted molar refractivity (Wildman–Crippen MR) is 94.8 cm³/mol. The Balaban J connectivity index is 2.01. The highest BCUT2D eigenvalue weighted by molar-refractivity contribution is 5.93. The molecule has 2 aromatic carbocycles. The van der Waals surface area contributed by atoms with Crippen molar-refractivity contribution in [3.63, 3.8) is 0 Å². The minimum Gasteiger partial charge on any atom is -0.495 e. The summed E-state index contributed by atoms with van der Waals surface area (Å²) in [5.74, 6) is 1.41. The summed E-state index contributed by atoms with van der Waals surface area (Å²) in [5.41, 5.74) is 1.60. The number of amides is 1. The second kappa shape index (κ2) is 8.62. The third-order valence-electron chi connectivity index (χ3n) is 3.29. The number of allylic oxidation sites excluding steroid dienone is 1. The molecule has 5 heteroatoms. The molecular formula is C19H21NO4. The number of anilines is 1. The Bertz CT molecular complexity index is 725. The monoisotopic (exact) mass is 327 g/mol. The van der Waals surface area contributed by atoms with E-state index in [0.717, 1.165) is 5.56 Å². The molecule has 24 heavy (non-hydrogen) atoms. The minimum atomic E-state index is -0.279. The number of hydrogen-bond donors (Lipinski definition) is 1. The molecule has 1 amide bonds. The van der Waals surface area contributed by atoms with E-state index in [1.165, 1.54) is 0 Å². The number of methoxy groups -OCH3 is 2. The molecule has 0 saturated heterocycles. The highest BCUT2D eigenvalue weighted by atomic mass is 16.5. The van der Waals surface area contributed by atoms with Crippen LogP contribution in [0.15, 0.2) is 48.5 Å². The van der Waals surface area contributed by atoms with Crippen molar-refractivity contribution in [1.82, 2.24) is 0 Å². The first kappa shape index (κ1) is 17.4. The lowest BCUT2D eigenvalue weighted by Gasteiger charge is -2.12. The van der Waals surface area contributed by atoms with Crippen molar-refractivity contribution in [3.8, 4) is 17.2 Å². The van der Waals surface area contributed by atoms with E-state index in [1.54, 1.807) is 32.4 Å². The summed E-state index contributed by atoms with van der Waals surface area (Å²) in [6.45, 7) is 1.82. The van der Waals surface area contributed by atoms with Gasteiger partial charge in [0.15, 0.2) is 18.1 Å². The van der Waals surface area contributed by atoms with Crippen LogP contribution in [0.5, 0.6) is 17.2 Å². The summed E-state index contributed by atoms with van der Waals surface area (Å²) in [5, 5.41) is 2.76. The van der Waals surface area contributed by atoms with Crippen molar-refractivity contribution in [2.24, 2.45) is 0 Å². The van der Waals surface area contributed by atoms with E-state index in [9.17, 15) is 4.79 Å². The van der Waals surface area contributed by atoms with Gasteiger partial charge >= 0.3 is 0 Å². The maximum Gasteiger partial charge on any atom is 0.262 e. The second-order valence-corrected chi connectivity index (χ2v) is 4.95. The Hall–Kier alpha value is -2.95. The van der Waals surface area contributed by atoms with E-state index in [0.29, 0.717) is 22.9 Å². The van der Waals surface area contributed by atoms with Crippen molar-refractivity contribution < 1.29 is 19.0 Å². The molecule has 0 radical (unpaired) electrons. The molecule has 0 aliphatic heterocycles. The van der Waals surface area contributed by atoms with Gasteiger partial charge in [0.2, 0.25) is 0 Å². The zero-order chi connectivity index (χ0) is 17.4. The van der Waals surface area contributed by atoms with Crippen LogP contribution in [-0.2, 0) is 4.79 Å². The molecule has 0 atom stereocenters. The molecule has 0 saturated carbocycles. The lowest BCUT2D eigenvalue weighted by atomic mass is 10.2. The normalized spacial score (nSPS) is 10.5. The number of hydrogen-bond acceptors (Lipinski definition) is 4. The zero-order valence-corrected chi connectivity index (χ0v) is 14.0. The van der Waals surface area contributed by atoms with Crippen molar-refractivity contribution in [3.05, 3.63) is 54.1 Å². The third-order valence-corrected chi connectivity index (χ3v) is 3.29. The van der Waals surface area contributed by atoms with E-state index in [-0.39, 0.29) is 12.5 Å². The lowest BCUT2D eigenvalue weighted by molar-refractivity contribution is -0.118. The summed E-state index contributed by atoms with van der Waals surface area (Å²) in [6.07, 6.45) is 3.90. The first-order valence-electron chi connectivity index (χ1n) is 7.54. The van der Waals surface area contributed by atoms with Crippen LogP contribution in [0, 0.1) is 0 Å². The Morgan fingerprint density at radius 3 is 2.50 bits per heavy atom. The minimum absolute atomic E-state index is 0.128. The van der Waals surface area contributed by atoms with Gasteiger partial charge in [-0.25, -0.2) is 0 Å². The third kappa shape index (κ3) is 4.52. The molecule has 0 heterocycles. The Labute approximate surface area is 141 Å². The largest absolute Gasteiger partial charge is 0.495 e. The second-order valence-electron chi connectivity index (χ2n) is 4.95. The van der Waals surface area contributed by atoms with Crippen molar-refractivity contribution in [1.29, 1.82) is 0 Å². The van der Waals surface area contributed by atoms with Crippen molar-refractivity contribution in [2.75, 3.05) is 26.1 Å². The van der Waals surface area contributed by atoms with E-state index >= 15 is 0 Å². The number of carbonyl (C=O) groups is 1. The van der Waals surface area contributed by atoms with Crippen LogP contribution in [0.3, 0.4) is 0 Å². The topological polar surface area (TPSA) is 56.8 Å². The molecule has 5 nitrogen and oxygen atoms in total. The van der Waals surface area contributed by atoms with Crippen LogP contribution in [0.1, 0.15) is 12.5 Å². The number of para-hydroxylation sites is 2. The fourth-order valence-electron chi connectivity index (χ4n) is 2.18. The van der Waals surface area contributed by atoms with Gasteiger partial charge in [-0.05, 0) is 36.8 Å². The van der Waals surface area contributed by atoms with Crippen molar-refractivity contribution in [2.45, 2.75) is 6.92 Å². The van der Waals surface area contributed by atoms with E-state index in [4.69, 9.17) is 14.2 Å². The van der Waals surface area contributed by atoms with Gasteiger partial charge in [0.1, 0.15) is 5.75 Å². The molecule has 2 rings (SSSR count). The molecule has 0 bridgehead atoms. The quantitative estimate of drug-likeness (QED) is 0.841. The van der Waals surface area contributed by atoms with Gasteiger partial charge in [-0.2, -0.15) is 0 Å². The molecule has 0 spiro atoms. The average molecular weight is 327 g/mol. The molecule has 0 aliphatic carbocycles. The summed E-state index contributed by atoms with van der Waals surface area (Å²) in [7, 11) is 3.12. The molecule has 126 valence electrons. The van der Waals surface area contributed by atoms with E-state index in [1.807, 2.05) is 43.3 Å². The first-order chi connectivity index (χ1) is 11.7. The Morgan fingerprint density at radius 1 is 1.04 bits per heavy atom. The molecule has 0 aromatic heterocycles. The zero-order valence-electron chi connectivity index (χ0n) is 14.0. The molecule has 1 N–H and O–H groups in total. The smallest absolute Gasteiger partial charge is 0.262 e. The van der Waals surface area contributed by atoms with Crippen LogP contribution < -0.4 is 19.5 Å². The highest BCUT2D eigenvalue weighted by Crippen LogP contribution is 2.29. The van der Waals surface area contributed by atoms with Crippen LogP contribution in [0.4, 0.5) is 5.69 Å². The molecule has 0 fully saturated rings.